The van der Waals surface area contributed by atoms with Gasteiger partial charge in [0.05, 0.1) is 11.9 Å². The highest BCUT2D eigenvalue weighted by molar-refractivity contribution is 7.91. The van der Waals surface area contributed by atoms with Gasteiger partial charge in [-0.2, -0.15) is 0 Å². The molecule has 0 fully saturated rings. The van der Waals surface area contributed by atoms with Crippen LogP contribution < -0.4 is 5.73 Å². The Morgan fingerprint density at radius 2 is 1.77 bits per heavy atom. The molecule has 0 spiro atoms. The molecule has 0 saturated carbocycles. The van der Waals surface area contributed by atoms with Crippen molar-refractivity contribution in [3.8, 4) is 0 Å². The van der Waals surface area contributed by atoms with Crippen LogP contribution in [0.5, 0.6) is 0 Å². The van der Waals surface area contributed by atoms with Gasteiger partial charge in [-0.3, -0.25) is 0 Å². The Balaban J connectivity index is 4.82. The number of aliphatic hydroxyl groups is 1. The molecule has 13 heavy (non-hydrogen) atoms. The van der Waals surface area contributed by atoms with Crippen molar-refractivity contribution in [2.24, 2.45) is 11.1 Å². The molecule has 0 aliphatic heterocycles. The maximum absolute atomic E-state index is 11.2. The van der Waals surface area contributed by atoms with Crippen LogP contribution in [0.4, 0.5) is 0 Å². The first-order valence-electron chi connectivity index (χ1n) is 4.16. The Hall–Kier alpha value is -0.130. The Bertz CT molecular complexity index is 253. The van der Waals surface area contributed by atoms with Gasteiger partial charge in [-0.15, -0.1) is 0 Å². The summed E-state index contributed by atoms with van der Waals surface area (Å²) >= 11 is 0. The summed E-state index contributed by atoms with van der Waals surface area (Å²) in [7, 11) is -3.27. The van der Waals surface area contributed by atoms with E-state index in [1.165, 1.54) is 0 Å². The summed E-state index contributed by atoms with van der Waals surface area (Å²) in [6.45, 7) is 5.14. The molecule has 4 nitrogen and oxygen atoms in total. The zero-order chi connectivity index (χ0) is 10.9. The van der Waals surface area contributed by atoms with Crippen LogP contribution in [-0.4, -0.2) is 37.7 Å². The van der Waals surface area contributed by atoms with Crippen LogP contribution in [0.1, 0.15) is 20.8 Å². The minimum absolute atomic E-state index is 0.323. The van der Waals surface area contributed by atoms with Gasteiger partial charge in [-0.25, -0.2) is 8.42 Å². The number of hydrogen-bond donors (Lipinski definition) is 2. The van der Waals surface area contributed by atoms with Gasteiger partial charge in [0, 0.05) is 12.3 Å². The fourth-order valence-electron chi connectivity index (χ4n) is 1.07. The topological polar surface area (TPSA) is 80.4 Å². The third kappa shape index (κ3) is 3.62. The first kappa shape index (κ1) is 12.9. The average molecular weight is 209 g/mol. The van der Waals surface area contributed by atoms with E-state index in [4.69, 9.17) is 10.8 Å². The quantitative estimate of drug-likeness (QED) is 0.672. The lowest BCUT2D eigenvalue weighted by molar-refractivity contribution is 0.228. The third-order valence-corrected chi connectivity index (χ3v) is 3.67. The van der Waals surface area contributed by atoms with Crippen LogP contribution >= 0.6 is 0 Å². The van der Waals surface area contributed by atoms with Crippen molar-refractivity contribution in [2.45, 2.75) is 32.1 Å². The van der Waals surface area contributed by atoms with Gasteiger partial charge >= 0.3 is 0 Å². The Morgan fingerprint density at radius 1 is 1.38 bits per heavy atom. The molecule has 0 aliphatic rings. The van der Waals surface area contributed by atoms with Gasteiger partial charge in [-0.1, -0.05) is 20.8 Å². The maximum atomic E-state index is 11.2. The smallest absolute Gasteiger partial charge is 0.154 e. The summed E-state index contributed by atoms with van der Waals surface area (Å²) in [5, 5.41) is 8.07. The minimum Gasteiger partial charge on any atom is -0.395 e. The summed E-state index contributed by atoms with van der Waals surface area (Å²) in [6, 6.07) is -0.549. The van der Waals surface area contributed by atoms with E-state index in [1.54, 1.807) is 0 Å². The molecule has 0 saturated heterocycles. The van der Waals surface area contributed by atoms with Gasteiger partial charge in [0.1, 0.15) is 0 Å². The molecule has 0 unspecified atom stereocenters. The molecule has 0 heterocycles. The minimum atomic E-state index is -3.27. The van der Waals surface area contributed by atoms with Gasteiger partial charge in [0.15, 0.2) is 9.84 Å². The van der Waals surface area contributed by atoms with E-state index in [0.717, 1.165) is 6.26 Å². The van der Waals surface area contributed by atoms with Crippen molar-refractivity contribution >= 4 is 9.84 Å². The highest BCUT2D eigenvalue weighted by atomic mass is 32.2. The molecule has 0 amide bonds. The molecule has 5 heteroatoms. The predicted molar refractivity (Wildman–Crippen MR) is 53.1 cm³/mol. The zero-order valence-corrected chi connectivity index (χ0v) is 9.43. The Kier molecular flexibility index (Phi) is 3.90. The normalized spacial score (nSPS) is 18.3. The van der Waals surface area contributed by atoms with Crippen molar-refractivity contribution in [1.29, 1.82) is 0 Å². The standard InChI is InChI=1S/C8H19NO3S/c1-8(2,3)7(9)6(5-10)13(4,11)12/h6-7,10H,5,9H2,1-4H3/t6-,7+/m0/s1. The summed E-state index contributed by atoms with van der Waals surface area (Å²) in [5.41, 5.74) is 5.43. The molecular formula is C8H19NO3S. The highest BCUT2D eigenvalue weighted by Gasteiger charge is 2.34. The molecule has 0 aliphatic carbocycles. The number of rotatable bonds is 3. The van der Waals surface area contributed by atoms with E-state index >= 15 is 0 Å². The van der Waals surface area contributed by atoms with Gasteiger partial charge in [0.25, 0.3) is 0 Å². The van der Waals surface area contributed by atoms with Crippen molar-refractivity contribution in [3.05, 3.63) is 0 Å². The number of nitrogens with two attached hydrogens (primary N) is 1. The van der Waals surface area contributed by atoms with E-state index in [-0.39, 0.29) is 5.41 Å². The van der Waals surface area contributed by atoms with E-state index in [2.05, 4.69) is 0 Å². The molecule has 0 radical (unpaired) electrons. The highest BCUT2D eigenvalue weighted by Crippen LogP contribution is 2.22. The van der Waals surface area contributed by atoms with Crippen molar-refractivity contribution < 1.29 is 13.5 Å². The molecule has 3 N–H and O–H groups in total. The monoisotopic (exact) mass is 209 g/mol. The SMILES string of the molecule is CC(C)(C)[C@H](N)[C@H](CO)S(C)(=O)=O. The molecule has 2 atom stereocenters. The van der Waals surface area contributed by atoms with E-state index in [9.17, 15) is 8.42 Å². The fraction of sp³-hybridized carbons (Fsp3) is 1.00. The average Bonchev–Trinajstić information content (AvgIpc) is 1.83. The Labute approximate surface area is 80.1 Å². The van der Waals surface area contributed by atoms with Crippen LogP contribution in [0.3, 0.4) is 0 Å². The molecule has 0 aromatic rings. The molecule has 0 aromatic carbocycles. The second-order valence-electron chi connectivity index (χ2n) is 4.44. The number of hydrogen-bond acceptors (Lipinski definition) is 4. The summed E-state index contributed by atoms with van der Waals surface area (Å²) in [4.78, 5) is 0. The number of aliphatic hydroxyl groups excluding tert-OH is 1. The molecule has 0 bridgehead atoms. The first-order valence-corrected chi connectivity index (χ1v) is 6.11. The van der Waals surface area contributed by atoms with Gasteiger partial charge < -0.3 is 10.8 Å². The lowest BCUT2D eigenvalue weighted by atomic mass is 9.85. The first-order chi connectivity index (χ1) is 5.60. The van der Waals surface area contributed by atoms with Crippen LogP contribution in [0.15, 0.2) is 0 Å². The van der Waals surface area contributed by atoms with E-state index < -0.39 is 27.7 Å². The lowest BCUT2D eigenvalue weighted by Gasteiger charge is -2.32. The zero-order valence-electron chi connectivity index (χ0n) is 8.61. The van der Waals surface area contributed by atoms with Crippen molar-refractivity contribution in [1.82, 2.24) is 0 Å². The number of sulfone groups is 1. The second kappa shape index (κ2) is 3.94. The molecule has 0 aromatic heterocycles. The Morgan fingerprint density at radius 3 is 1.85 bits per heavy atom. The summed E-state index contributed by atoms with van der Waals surface area (Å²) < 4.78 is 22.4. The lowest BCUT2D eigenvalue weighted by Crippen LogP contribution is -2.50. The van der Waals surface area contributed by atoms with Gasteiger partial charge in [-0.05, 0) is 5.41 Å². The van der Waals surface area contributed by atoms with Crippen LogP contribution in [0.2, 0.25) is 0 Å². The van der Waals surface area contributed by atoms with Gasteiger partial charge in [0.2, 0.25) is 0 Å². The third-order valence-electron chi connectivity index (χ3n) is 2.13. The molecule has 80 valence electrons. The largest absolute Gasteiger partial charge is 0.395 e. The summed E-state index contributed by atoms with van der Waals surface area (Å²) in [6.07, 6.45) is 1.10. The van der Waals surface area contributed by atoms with E-state index in [0.29, 0.717) is 0 Å². The van der Waals surface area contributed by atoms with E-state index in [1.807, 2.05) is 20.8 Å². The van der Waals surface area contributed by atoms with Crippen LogP contribution in [0, 0.1) is 5.41 Å². The second-order valence-corrected chi connectivity index (χ2v) is 6.71. The fourth-order valence-corrected chi connectivity index (χ4v) is 2.28. The van der Waals surface area contributed by atoms with Crippen LogP contribution in [-0.2, 0) is 9.84 Å². The van der Waals surface area contributed by atoms with Crippen LogP contribution in [0.25, 0.3) is 0 Å². The van der Waals surface area contributed by atoms with Crippen molar-refractivity contribution in [2.75, 3.05) is 12.9 Å². The maximum Gasteiger partial charge on any atom is 0.154 e. The van der Waals surface area contributed by atoms with Crippen molar-refractivity contribution in [3.63, 3.8) is 0 Å². The molecular weight excluding hydrogens is 190 g/mol. The summed E-state index contributed by atoms with van der Waals surface area (Å²) in [5.74, 6) is 0. The molecule has 0 rings (SSSR count). The predicted octanol–water partition coefficient (Wildman–Crippen LogP) is -0.235.